The highest BCUT2D eigenvalue weighted by Crippen LogP contribution is 2.15. The molecule has 1 aliphatic rings. The third kappa shape index (κ3) is 3.14. The standard InChI is InChI=1S/C11H20NO2/c1-9(2)14-11(13)10-6-5-7-12(3,4)8-10/h6,9H,5,7-8H2,1-4H3/q+1. The number of carbonyl (C=O) groups is 1. The van der Waals surface area contributed by atoms with E-state index in [0.717, 1.165) is 29.6 Å². The normalized spacial score (nSPS) is 20.5. The zero-order valence-corrected chi connectivity index (χ0v) is 9.54. The Morgan fingerprint density at radius 1 is 1.50 bits per heavy atom. The predicted octanol–water partition coefficient (Wildman–Crippen LogP) is 1.34. The van der Waals surface area contributed by atoms with Crippen LogP contribution in [-0.2, 0) is 9.53 Å². The van der Waals surface area contributed by atoms with Gasteiger partial charge in [0, 0.05) is 6.42 Å². The van der Waals surface area contributed by atoms with E-state index in [1.54, 1.807) is 0 Å². The van der Waals surface area contributed by atoms with Crippen LogP contribution in [0.5, 0.6) is 0 Å². The third-order valence-corrected chi connectivity index (χ3v) is 2.33. The monoisotopic (exact) mass is 198 g/mol. The molecule has 0 radical (unpaired) electrons. The summed E-state index contributed by atoms with van der Waals surface area (Å²) in [6, 6.07) is 0. The van der Waals surface area contributed by atoms with Crippen molar-refractivity contribution in [2.24, 2.45) is 0 Å². The molecule has 0 atom stereocenters. The van der Waals surface area contributed by atoms with Crippen LogP contribution >= 0.6 is 0 Å². The van der Waals surface area contributed by atoms with Crippen molar-refractivity contribution in [1.29, 1.82) is 0 Å². The fraction of sp³-hybridized carbons (Fsp3) is 0.727. The Labute approximate surface area is 85.9 Å². The van der Waals surface area contributed by atoms with Gasteiger partial charge in [-0.3, -0.25) is 0 Å². The molecule has 0 aromatic carbocycles. The summed E-state index contributed by atoms with van der Waals surface area (Å²) in [5.41, 5.74) is 0.829. The van der Waals surface area contributed by atoms with Gasteiger partial charge in [-0.05, 0) is 13.8 Å². The lowest BCUT2D eigenvalue weighted by Crippen LogP contribution is -2.45. The van der Waals surface area contributed by atoms with Crippen LogP contribution in [-0.4, -0.2) is 43.7 Å². The fourth-order valence-corrected chi connectivity index (χ4v) is 1.63. The number of esters is 1. The maximum Gasteiger partial charge on any atom is 0.339 e. The highest BCUT2D eigenvalue weighted by atomic mass is 16.5. The van der Waals surface area contributed by atoms with Crippen LogP contribution in [0.4, 0.5) is 0 Å². The molecule has 3 heteroatoms. The van der Waals surface area contributed by atoms with Crippen LogP contribution < -0.4 is 0 Å². The minimum absolute atomic E-state index is 0.0269. The van der Waals surface area contributed by atoms with Crippen LogP contribution in [0.15, 0.2) is 11.6 Å². The molecular formula is C11H20NO2+. The second-order valence-corrected chi connectivity index (χ2v) is 4.79. The first-order valence-corrected chi connectivity index (χ1v) is 5.13. The number of quaternary nitrogens is 1. The van der Waals surface area contributed by atoms with Crippen LogP contribution in [0.3, 0.4) is 0 Å². The maximum absolute atomic E-state index is 11.6. The van der Waals surface area contributed by atoms with Crippen LogP contribution in [0.2, 0.25) is 0 Å². The van der Waals surface area contributed by atoms with E-state index >= 15 is 0 Å². The molecule has 0 N–H and O–H groups in total. The molecule has 0 unspecified atom stereocenters. The van der Waals surface area contributed by atoms with Crippen molar-refractivity contribution in [3.8, 4) is 0 Å². The minimum Gasteiger partial charge on any atom is -0.459 e. The van der Waals surface area contributed by atoms with Gasteiger partial charge in [0.2, 0.25) is 0 Å². The van der Waals surface area contributed by atoms with Crippen molar-refractivity contribution in [2.45, 2.75) is 26.4 Å². The van der Waals surface area contributed by atoms with E-state index in [9.17, 15) is 4.79 Å². The molecule has 14 heavy (non-hydrogen) atoms. The van der Waals surface area contributed by atoms with Crippen molar-refractivity contribution >= 4 is 5.97 Å². The molecule has 0 fully saturated rings. The second-order valence-electron chi connectivity index (χ2n) is 4.79. The number of carbonyl (C=O) groups excluding carboxylic acids is 1. The van der Waals surface area contributed by atoms with Crippen molar-refractivity contribution < 1.29 is 14.0 Å². The lowest BCUT2D eigenvalue weighted by atomic mass is 10.1. The maximum atomic E-state index is 11.6. The zero-order valence-electron chi connectivity index (χ0n) is 9.54. The van der Waals surface area contributed by atoms with E-state index in [0.29, 0.717) is 0 Å². The topological polar surface area (TPSA) is 26.3 Å². The minimum atomic E-state index is -0.147. The SMILES string of the molecule is CC(C)OC(=O)C1=CCC[N+](C)(C)C1. The van der Waals surface area contributed by atoms with E-state index in [-0.39, 0.29) is 12.1 Å². The highest BCUT2D eigenvalue weighted by Gasteiger charge is 2.26. The number of likely N-dealkylation sites (N-methyl/N-ethyl adjacent to an activating group) is 1. The average molecular weight is 198 g/mol. The summed E-state index contributed by atoms with van der Waals surface area (Å²) < 4.78 is 6.04. The molecule has 0 amide bonds. The van der Waals surface area contributed by atoms with E-state index in [1.165, 1.54) is 0 Å². The largest absolute Gasteiger partial charge is 0.459 e. The molecule has 1 aliphatic heterocycles. The van der Waals surface area contributed by atoms with Crippen LogP contribution in [0, 0.1) is 0 Å². The number of hydrogen-bond donors (Lipinski definition) is 0. The summed E-state index contributed by atoms with van der Waals surface area (Å²) in [6.45, 7) is 5.63. The molecule has 0 saturated heterocycles. The summed E-state index contributed by atoms with van der Waals surface area (Å²) in [4.78, 5) is 11.6. The first-order valence-electron chi connectivity index (χ1n) is 5.13. The Morgan fingerprint density at radius 2 is 2.14 bits per heavy atom. The number of nitrogens with zero attached hydrogens (tertiary/aromatic N) is 1. The van der Waals surface area contributed by atoms with Gasteiger partial charge in [-0.1, -0.05) is 6.08 Å². The van der Waals surface area contributed by atoms with Crippen molar-refractivity contribution in [1.82, 2.24) is 0 Å². The highest BCUT2D eigenvalue weighted by molar-refractivity contribution is 5.88. The molecule has 0 saturated carbocycles. The van der Waals surface area contributed by atoms with E-state index < -0.39 is 0 Å². The van der Waals surface area contributed by atoms with Gasteiger partial charge >= 0.3 is 5.97 Å². The molecule has 80 valence electrons. The van der Waals surface area contributed by atoms with Crippen molar-refractivity contribution in [3.63, 3.8) is 0 Å². The number of ether oxygens (including phenoxy) is 1. The summed E-state index contributed by atoms with van der Waals surface area (Å²) in [7, 11) is 4.27. The predicted molar refractivity (Wildman–Crippen MR) is 55.8 cm³/mol. The van der Waals surface area contributed by atoms with Gasteiger partial charge in [-0.15, -0.1) is 0 Å². The van der Waals surface area contributed by atoms with Gasteiger partial charge in [0.05, 0.1) is 32.3 Å². The molecule has 0 spiro atoms. The molecular weight excluding hydrogens is 178 g/mol. The van der Waals surface area contributed by atoms with E-state index in [1.807, 2.05) is 19.9 Å². The summed E-state index contributed by atoms with van der Waals surface area (Å²) in [6.07, 6.45) is 2.95. The molecule has 3 nitrogen and oxygen atoms in total. The molecule has 0 aromatic rings. The molecule has 1 heterocycles. The Bertz CT molecular complexity index is 254. The van der Waals surface area contributed by atoms with Gasteiger partial charge in [0.15, 0.2) is 0 Å². The Kier molecular flexibility index (Phi) is 3.32. The van der Waals surface area contributed by atoms with Gasteiger partial charge in [0.25, 0.3) is 0 Å². The number of hydrogen-bond acceptors (Lipinski definition) is 2. The van der Waals surface area contributed by atoms with E-state index in [2.05, 4.69) is 14.1 Å². The Balaban J connectivity index is 2.60. The summed E-state index contributed by atoms with van der Waals surface area (Å²) >= 11 is 0. The van der Waals surface area contributed by atoms with Crippen LogP contribution in [0.1, 0.15) is 20.3 Å². The zero-order chi connectivity index (χ0) is 10.8. The first kappa shape index (κ1) is 11.2. The van der Waals surface area contributed by atoms with Crippen molar-refractivity contribution in [3.05, 3.63) is 11.6 Å². The van der Waals surface area contributed by atoms with Gasteiger partial charge in [-0.25, -0.2) is 4.79 Å². The Hall–Kier alpha value is -0.830. The van der Waals surface area contributed by atoms with Gasteiger partial charge in [-0.2, -0.15) is 0 Å². The lowest BCUT2D eigenvalue weighted by molar-refractivity contribution is -0.886. The lowest BCUT2D eigenvalue weighted by Gasteiger charge is -2.33. The smallest absolute Gasteiger partial charge is 0.339 e. The Morgan fingerprint density at radius 3 is 2.64 bits per heavy atom. The van der Waals surface area contributed by atoms with Crippen molar-refractivity contribution in [2.75, 3.05) is 27.2 Å². The van der Waals surface area contributed by atoms with Crippen LogP contribution in [0.25, 0.3) is 0 Å². The molecule has 0 aliphatic carbocycles. The third-order valence-electron chi connectivity index (χ3n) is 2.33. The quantitative estimate of drug-likeness (QED) is 0.494. The van der Waals surface area contributed by atoms with E-state index in [4.69, 9.17) is 4.74 Å². The van der Waals surface area contributed by atoms with Gasteiger partial charge < -0.3 is 9.22 Å². The molecule has 0 bridgehead atoms. The summed E-state index contributed by atoms with van der Waals surface area (Å²) in [5.74, 6) is -0.147. The number of rotatable bonds is 2. The summed E-state index contributed by atoms with van der Waals surface area (Å²) in [5, 5.41) is 0. The first-order chi connectivity index (χ1) is 6.41. The molecule has 0 aromatic heterocycles. The molecule has 1 rings (SSSR count). The van der Waals surface area contributed by atoms with Gasteiger partial charge in [0.1, 0.15) is 6.54 Å². The average Bonchev–Trinajstić information content (AvgIpc) is 2.01. The second kappa shape index (κ2) is 4.13. The fourth-order valence-electron chi connectivity index (χ4n) is 1.63.